The standard InChI is InChI=1S/C12H23N3O2/c1-3-15(2)12(17)9-13-8-11(16)14-10-6-4-5-7-10/h10,13H,3-9H2,1-2H3,(H,14,16). The molecule has 0 aromatic carbocycles. The van der Waals surface area contributed by atoms with Crippen molar-refractivity contribution in [3.63, 3.8) is 0 Å². The lowest BCUT2D eigenvalue weighted by Gasteiger charge is -2.15. The number of likely N-dealkylation sites (N-methyl/N-ethyl adjacent to an activating group) is 1. The molecule has 2 amide bonds. The van der Waals surface area contributed by atoms with Gasteiger partial charge in [-0.1, -0.05) is 12.8 Å². The molecule has 17 heavy (non-hydrogen) atoms. The van der Waals surface area contributed by atoms with Gasteiger partial charge in [0.25, 0.3) is 0 Å². The van der Waals surface area contributed by atoms with Gasteiger partial charge in [0, 0.05) is 19.6 Å². The van der Waals surface area contributed by atoms with Crippen LogP contribution in [-0.4, -0.2) is 49.4 Å². The summed E-state index contributed by atoms with van der Waals surface area (Å²) in [6.45, 7) is 3.06. The van der Waals surface area contributed by atoms with Crippen LogP contribution in [-0.2, 0) is 9.59 Å². The zero-order valence-electron chi connectivity index (χ0n) is 10.8. The maximum Gasteiger partial charge on any atom is 0.236 e. The Balaban J connectivity index is 2.09. The zero-order valence-corrected chi connectivity index (χ0v) is 10.8. The van der Waals surface area contributed by atoms with Crippen LogP contribution in [0.25, 0.3) is 0 Å². The van der Waals surface area contributed by atoms with E-state index in [1.807, 2.05) is 6.92 Å². The molecule has 1 saturated carbocycles. The summed E-state index contributed by atoms with van der Waals surface area (Å²) >= 11 is 0. The van der Waals surface area contributed by atoms with Gasteiger partial charge in [-0.2, -0.15) is 0 Å². The molecule has 5 nitrogen and oxygen atoms in total. The van der Waals surface area contributed by atoms with Gasteiger partial charge in [-0.15, -0.1) is 0 Å². The Kier molecular flexibility index (Phi) is 5.97. The SMILES string of the molecule is CCN(C)C(=O)CNCC(=O)NC1CCCC1. The summed E-state index contributed by atoms with van der Waals surface area (Å²) < 4.78 is 0. The molecular weight excluding hydrogens is 218 g/mol. The van der Waals surface area contributed by atoms with E-state index in [-0.39, 0.29) is 24.9 Å². The Morgan fingerprint density at radius 3 is 2.47 bits per heavy atom. The van der Waals surface area contributed by atoms with E-state index in [4.69, 9.17) is 0 Å². The van der Waals surface area contributed by atoms with E-state index < -0.39 is 0 Å². The second-order valence-electron chi connectivity index (χ2n) is 4.56. The number of nitrogens with zero attached hydrogens (tertiary/aromatic N) is 1. The van der Waals surface area contributed by atoms with Crippen LogP contribution in [0.5, 0.6) is 0 Å². The second kappa shape index (κ2) is 7.27. The third kappa shape index (κ3) is 5.17. The number of carbonyl (C=O) groups excluding carboxylic acids is 2. The Morgan fingerprint density at radius 1 is 1.24 bits per heavy atom. The fourth-order valence-electron chi connectivity index (χ4n) is 1.94. The fourth-order valence-corrected chi connectivity index (χ4v) is 1.94. The van der Waals surface area contributed by atoms with Crippen molar-refractivity contribution >= 4 is 11.8 Å². The molecule has 0 bridgehead atoms. The molecular formula is C12H23N3O2. The molecule has 0 aliphatic heterocycles. The van der Waals surface area contributed by atoms with Crippen molar-refractivity contribution in [2.75, 3.05) is 26.7 Å². The molecule has 0 spiro atoms. The number of hydrogen-bond donors (Lipinski definition) is 2. The largest absolute Gasteiger partial charge is 0.352 e. The topological polar surface area (TPSA) is 61.4 Å². The lowest BCUT2D eigenvalue weighted by molar-refractivity contribution is -0.128. The lowest BCUT2D eigenvalue weighted by atomic mass is 10.2. The number of rotatable bonds is 6. The van der Waals surface area contributed by atoms with E-state index in [1.54, 1.807) is 11.9 Å². The normalized spacial score (nSPS) is 15.9. The molecule has 0 heterocycles. The van der Waals surface area contributed by atoms with Gasteiger partial charge in [-0.3, -0.25) is 14.9 Å². The Hall–Kier alpha value is -1.10. The van der Waals surface area contributed by atoms with Gasteiger partial charge < -0.3 is 10.2 Å². The highest BCUT2D eigenvalue weighted by molar-refractivity contribution is 5.81. The second-order valence-corrected chi connectivity index (χ2v) is 4.56. The minimum absolute atomic E-state index is 0.0103. The number of hydrogen-bond acceptors (Lipinski definition) is 3. The maximum atomic E-state index is 11.5. The monoisotopic (exact) mass is 241 g/mol. The highest BCUT2D eigenvalue weighted by Gasteiger charge is 2.16. The fraction of sp³-hybridized carbons (Fsp3) is 0.833. The van der Waals surface area contributed by atoms with Crippen molar-refractivity contribution in [2.45, 2.75) is 38.6 Å². The van der Waals surface area contributed by atoms with Crippen LogP contribution < -0.4 is 10.6 Å². The average molecular weight is 241 g/mol. The number of carbonyl (C=O) groups is 2. The van der Waals surface area contributed by atoms with Crippen molar-refractivity contribution in [2.24, 2.45) is 0 Å². The summed E-state index contributed by atoms with van der Waals surface area (Å²) in [5.74, 6) is 0.00465. The van der Waals surface area contributed by atoms with Crippen molar-refractivity contribution in [3.8, 4) is 0 Å². The summed E-state index contributed by atoms with van der Waals surface area (Å²) in [5.41, 5.74) is 0. The zero-order chi connectivity index (χ0) is 12.7. The van der Waals surface area contributed by atoms with Crippen molar-refractivity contribution in [1.82, 2.24) is 15.5 Å². The number of nitrogens with one attached hydrogen (secondary N) is 2. The first-order valence-electron chi connectivity index (χ1n) is 6.37. The van der Waals surface area contributed by atoms with Crippen molar-refractivity contribution in [3.05, 3.63) is 0 Å². The highest BCUT2D eigenvalue weighted by atomic mass is 16.2. The van der Waals surface area contributed by atoms with Crippen LogP contribution in [0.1, 0.15) is 32.6 Å². The first-order valence-corrected chi connectivity index (χ1v) is 6.37. The predicted molar refractivity (Wildman–Crippen MR) is 66.6 cm³/mol. The smallest absolute Gasteiger partial charge is 0.236 e. The lowest BCUT2D eigenvalue weighted by Crippen LogP contribution is -2.42. The molecule has 1 aliphatic carbocycles. The third-order valence-electron chi connectivity index (χ3n) is 3.18. The van der Waals surface area contributed by atoms with Crippen LogP contribution in [0.15, 0.2) is 0 Å². The van der Waals surface area contributed by atoms with Crippen molar-refractivity contribution in [1.29, 1.82) is 0 Å². The van der Waals surface area contributed by atoms with Gasteiger partial charge in [0.05, 0.1) is 13.1 Å². The van der Waals surface area contributed by atoms with E-state index in [2.05, 4.69) is 10.6 Å². The Morgan fingerprint density at radius 2 is 1.88 bits per heavy atom. The quantitative estimate of drug-likeness (QED) is 0.694. The minimum Gasteiger partial charge on any atom is -0.352 e. The van der Waals surface area contributed by atoms with Crippen molar-refractivity contribution < 1.29 is 9.59 Å². The summed E-state index contributed by atoms with van der Waals surface area (Å²) in [6.07, 6.45) is 4.59. The molecule has 0 atom stereocenters. The molecule has 1 rings (SSSR count). The summed E-state index contributed by atoms with van der Waals surface area (Å²) in [5, 5.41) is 5.84. The molecule has 0 saturated heterocycles. The molecule has 0 aromatic rings. The first-order chi connectivity index (χ1) is 8.13. The van der Waals surface area contributed by atoms with E-state index in [0.717, 1.165) is 12.8 Å². The molecule has 5 heteroatoms. The maximum absolute atomic E-state index is 11.5. The van der Waals surface area contributed by atoms with Crippen LogP contribution in [0.2, 0.25) is 0 Å². The number of amides is 2. The highest BCUT2D eigenvalue weighted by Crippen LogP contribution is 2.17. The third-order valence-corrected chi connectivity index (χ3v) is 3.18. The molecule has 2 N–H and O–H groups in total. The molecule has 0 aromatic heterocycles. The van der Waals surface area contributed by atoms with Gasteiger partial charge in [-0.25, -0.2) is 0 Å². The van der Waals surface area contributed by atoms with Gasteiger partial charge in [-0.05, 0) is 19.8 Å². The van der Waals surface area contributed by atoms with Gasteiger partial charge in [0.2, 0.25) is 11.8 Å². The van der Waals surface area contributed by atoms with E-state index >= 15 is 0 Å². The van der Waals surface area contributed by atoms with Crippen LogP contribution in [0.4, 0.5) is 0 Å². The summed E-state index contributed by atoms with van der Waals surface area (Å²) in [6, 6.07) is 0.346. The average Bonchev–Trinajstić information content (AvgIpc) is 2.80. The molecule has 0 unspecified atom stereocenters. The van der Waals surface area contributed by atoms with E-state index in [1.165, 1.54) is 12.8 Å². The Labute approximate surface area is 103 Å². The van der Waals surface area contributed by atoms with Crippen LogP contribution >= 0.6 is 0 Å². The summed E-state index contributed by atoms with van der Waals surface area (Å²) in [4.78, 5) is 24.6. The molecule has 98 valence electrons. The van der Waals surface area contributed by atoms with Gasteiger partial charge in [0.1, 0.15) is 0 Å². The van der Waals surface area contributed by atoms with Crippen LogP contribution in [0.3, 0.4) is 0 Å². The molecule has 0 radical (unpaired) electrons. The minimum atomic E-state index is -0.0103. The van der Waals surface area contributed by atoms with E-state index in [9.17, 15) is 9.59 Å². The van der Waals surface area contributed by atoms with E-state index in [0.29, 0.717) is 12.6 Å². The predicted octanol–water partition coefficient (Wildman–Crippen LogP) is 0.113. The first kappa shape index (κ1) is 14.0. The van der Waals surface area contributed by atoms with Crippen LogP contribution in [0, 0.1) is 0 Å². The molecule has 1 fully saturated rings. The Bertz CT molecular complexity index is 262. The van der Waals surface area contributed by atoms with Gasteiger partial charge >= 0.3 is 0 Å². The summed E-state index contributed by atoms with van der Waals surface area (Å²) in [7, 11) is 1.75. The molecule has 1 aliphatic rings. The van der Waals surface area contributed by atoms with Gasteiger partial charge in [0.15, 0.2) is 0 Å².